The van der Waals surface area contributed by atoms with Gasteiger partial charge in [-0.05, 0) is 79.9 Å². The number of carbonyl (C=O) groups excluding carboxylic acids is 1. The predicted molar refractivity (Wildman–Crippen MR) is 142 cm³/mol. The lowest BCUT2D eigenvalue weighted by atomic mass is 10.1. The number of hydrogen-bond acceptors (Lipinski definition) is 5. The van der Waals surface area contributed by atoms with Crippen LogP contribution in [0.2, 0.25) is 0 Å². The van der Waals surface area contributed by atoms with Gasteiger partial charge in [0.25, 0.3) is 5.82 Å². The van der Waals surface area contributed by atoms with Gasteiger partial charge in [0.15, 0.2) is 11.9 Å². The standard InChI is InChI=1S/C29H23N5O3/c1-18-5-8-22(14-26(18)36-24-10-7-21(16-30)20(3)13-24)33-29(35)34-23-9-6-19(2)27(15-23)37-25-11-12-28(31-4)32-17-25/h5-15,17H,1-3H3,(H2,33,34,35). The van der Waals surface area contributed by atoms with Gasteiger partial charge in [0.05, 0.1) is 11.6 Å². The van der Waals surface area contributed by atoms with E-state index in [2.05, 4.69) is 26.5 Å². The molecule has 2 amide bonds. The van der Waals surface area contributed by atoms with E-state index in [1.165, 1.54) is 6.20 Å². The summed E-state index contributed by atoms with van der Waals surface area (Å²) in [6.07, 6.45) is 1.48. The lowest BCUT2D eigenvalue weighted by molar-refractivity contribution is 0.262. The summed E-state index contributed by atoms with van der Waals surface area (Å²) >= 11 is 0. The van der Waals surface area contributed by atoms with Crippen LogP contribution in [0.5, 0.6) is 23.0 Å². The molecule has 0 unspecified atom stereocenters. The zero-order valence-electron chi connectivity index (χ0n) is 20.5. The minimum absolute atomic E-state index is 0.285. The van der Waals surface area contributed by atoms with Crippen LogP contribution in [-0.2, 0) is 0 Å². The molecule has 182 valence electrons. The summed E-state index contributed by atoms with van der Waals surface area (Å²) in [7, 11) is 0. The third kappa shape index (κ3) is 6.21. The minimum atomic E-state index is -0.429. The number of aryl methyl sites for hydroxylation is 3. The fourth-order valence-electron chi connectivity index (χ4n) is 3.45. The zero-order valence-corrected chi connectivity index (χ0v) is 20.5. The number of urea groups is 1. The molecule has 0 radical (unpaired) electrons. The summed E-state index contributed by atoms with van der Waals surface area (Å²) in [4.78, 5) is 20.0. The van der Waals surface area contributed by atoms with E-state index < -0.39 is 6.03 Å². The van der Waals surface area contributed by atoms with Crippen molar-refractivity contribution in [1.82, 2.24) is 4.98 Å². The number of aromatic nitrogens is 1. The molecule has 1 aromatic heterocycles. The van der Waals surface area contributed by atoms with Crippen LogP contribution < -0.4 is 20.1 Å². The third-order valence-electron chi connectivity index (χ3n) is 5.50. The van der Waals surface area contributed by atoms with Crippen LogP contribution in [0.3, 0.4) is 0 Å². The van der Waals surface area contributed by atoms with Gasteiger partial charge in [0, 0.05) is 23.5 Å². The number of anilines is 2. The summed E-state index contributed by atoms with van der Waals surface area (Å²) in [6, 6.07) is 20.9. The minimum Gasteiger partial charge on any atom is -0.457 e. The van der Waals surface area contributed by atoms with Gasteiger partial charge in [-0.3, -0.25) is 0 Å². The number of pyridine rings is 1. The fourth-order valence-corrected chi connectivity index (χ4v) is 3.45. The maximum absolute atomic E-state index is 12.7. The van der Waals surface area contributed by atoms with Crippen molar-refractivity contribution in [3.63, 3.8) is 0 Å². The number of benzene rings is 3. The highest BCUT2D eigenvalue weighted by Gasteiger charge is 2.10. The summed E-state index contributed by atoms with van der Waals surface area (Å²) in [5.41, 5.74) is 4.28. The molecule has 37 heavy (non-hydrogen) atoms. The third-order valence-corrected chi connectivity index (χ3v) is 5.50. The van der Waals surface area contributed by atoms with Gasteiger partial charge < -0.3 is 25.0 Å². The topological polar surface area (TPSA) is 101 Å². The van der Waals surface area contributed by atoms with Crippen molar-refractivity contribution in [1.29, 1.82) is 5.26 Å². The molecule has 2 N–H and O–H groups in total. The van der Waals surface area contributed by atoms with Crippen molar-refractivity contribution >= 4 is 23.2 Å². The Morgan fingerprint density at radius 1 is 0.838 bits per heavy atom. The van der Waals surface area contributed by atoms with Crippen molar-refractivity contribution in [2.24, 2.45) is 0 Å². The van der Waals surface area contributed by atoms with Gasteiger partial charge in [-0.15, -0.1) is 4.98 Å². The van der Waals surface area contributed by atoms with E-state index in [-0.39, 0.29) is 5.82 Å². The highest BCUT2D eigenvalue weighted by Crippen LogP contribution is 2.30. The van der Waals surface area contributed by atoms with Crippen molar-refractivity contribution in [3.05, 3.63) is 107 Å². The van der Waals surface area contributed by atoms with E-state index in [4.69, 9.17) is 21.3 Å². The van der Waals surface area contributed by atoms with E-state index in [1.807, 2.05) is 32.9 Å². The van der Waals surface area contributed by atoms with Crippen LogP contribution in [0.1, 0.15) is 22.3 Å². The van der Waals surface area contributed by atoms with Crippen molar-refractivity contribution in [3.8, 4) is 29.1 Å². The van der Waals surface area contributed by atoms with E-state index in [9.17, 15) is 4.79 Å². The Hall–Kier alpha value is -5.34. The van der Waals surface area contributed by atoms with Gasteiger partial charge >= 0.3 is 6.03 Å². The van der Waals surface area contributed by atoms with Gasteiger partial charge in [-0.1, -0.05) is 18.7 Å². The molecule has 8 nitrogen and oxygen atoms in total. The number of carbonyl (C=O) groups is 1. The fraction of sp³-hybridized carbons (Fsp3) is 0.103. The number of ether oxygens (including phenoxy) is 2. The average Bonchev–Trinajstić information content (AvgIpc) is 2.88. The number of nitriles is 1. The number of amides is 2. The molecule has 4 aromatic rings. The summed E-state index contributed by atoms with van der Waals surface area (Å²) < 4.78 is 11.9. The molecular weight excluding hydrogens is 466 g/mol. The SMILES string of the molecule is [C-]#[N+]c1ccc(Oc2cc(NC(=O)Nc3ccc(C)c(Oc4ccc(C#N)c(C)c4)c3)ccc2C)cn1. The second-order valence-electron chi connectivity index (χ2n) is 8.30. The Balaban J connectivity index is 1.44. The Labute approximate surface area is 214 Å². The van der Waals surface area contributed by atoms with Crippen LogP contribution in [-0.4, -0.2) is 11.0 Å². The second-order valence-corrected chi connectivity index (χ2v) is 8.30. The predicted octanol–water partition coefficient (Wildman–Crippen LogP) is 7.66. The maximum Gasteiger partial charge on any atom is 0.323 e. The van der Waals surface area contributed by atoms with Crippen molar-refractivity contribution in [2.45, 2.75) is 20.8 Å². The Kier molecular flexibility index (Phi) is 7.32. The molecule has 8 heteroatoms. The van der Waals surface area contributed by atoms with E-state index in [0.29, 0.717) is 39.9 Å². The molecule has 0 aliphatic heterocycles. The Morgan fingerprint density at radius 3 is 1.95 bits per heavy atom. The number of hydrogen-bond donors (Lipinski definition) is 2. The normalized spacial score (nSPS) is 10.1. The highest BCUT2D eigenvalue weighted by atomic mass is 16.5. The van der Waals surface area contributed by atoms with Gasteiger partial charge in [0.2, 0.25) is 0 Å². The molecule has 1 heterocycles. The first-order chi connectivity index (χ1) is 17.8. The van der Waals surface area contributed by atoms with Crippen LogP contribution in [0.15, 0.2) is 72.9 Å². The molecule has 4 rings (SSSR count). The lowest BCUT2D eigenvalue weighted by Gasteiger charge is -2.14. The molecular formula is C29H23N5O3. The van der Waals surface area contributed by atoms with E-state index in [0.717, 1.165) is 16.7 Å². The Morgan fingerprint density at radius 2 is 1.43 bits per heavy atom. The lowest BCUT2D eigenvalue weighted by Crippen LogP contribution is -2.19. The monoisotopic (exact) mass is 489 g/mol. The van der Waals surface area contributed by atoms with E-state index in [1.54, 1.807) is 54.6 Å². The largest absolute Gasteiger partial charge is 0.457 e. The molecule has 0 fully saturated rings. The average molecular weight is 490 g/mol. The Bertz CT molecular complexity index is 1550. The van der Waals surface area contributed by atoms with Gasteiger partial charge in [-0.2, -0.15) is 5.26 Å². The summed E-state index contributed by atoms with van der Waals surface area (Å²) in [5, 5.41) is 14.8. The molecule has 0 spiro atoms. The number of nitrogens with one attached hydrogen (secondary N) is 2. The highest BCUT2D eigenvalue weighted by molar-refractivity contribution is 6.00. The molecule has 0 saturated heterocycles. The van der Waals surface area contributed by atoms with Gasteiger partial charge in [-0.25, -0.2) is 4.79 Å². The molecule has 0 bridgehead atoms. The van der Waals surface area contributed by atoms with E-state index >= 15 is 0 Å². The molecule has 0 aliphatic carbocycles. The molecule has 0 aliphatic rings. The first-order valence-corrected chi connectivity index (χ1v) is 11.3. The maximum atomic E-state index is 12.7. The first kappa shape index (κ1) is 24.8. The summed E-state index contributed by atoms with van der Waals surface area (Å²) in [5.74, 6) is 2.52. The number of nitrogens with zero attached hydrogens (tertiary/aromatic N) is 3. The molecule has 3 aromatic carbocycles. The van der Waals surface area contributed by atoms with Gasteiger partial charge in [0.1, 0.15) is 17.2 Å². The van der Waals surface area contributed by atoms with Crippen LogP contribution in [0, 0.1) is 38.7 Å². The van der Waals surface area contributed by atoms with Crippen molar-refractivity contribution in [2.75, 3.05) is 10.6 Å². The number of rotatable bonds is 6. The quantitative estimate of drug-likeness (QED) is 0.271. The van der Waals surface area contributed by atoms with Crippen LogP contribution in [0.4, 0.5) is 22.0 Å². The van der Waals surface area contributed by atoms with Crippen LogP contribution in [0.25, 0.3) is 4.85 Å². The molecule has 0 saturated carbocycles. The van der Waals surface area contributed by atoms with Crippen LogP contribution >= 0.6 is 0 Å². The first-order valence-electron chi connectivity index (χ1n) is 11.3. The summed E-state index contributed by atoms with van der Waals surface area (Å²) in [6.45, 7) is 12.7. The zero-order chi connectivity index (χ0) is 26.4. The second kappa shape index (κ2) is 10.9. The smallest absolute Gasteiger partial charge is 0.323 e. The molecule has 0 atom stereocenters. The van der Waals surface area contributed by atoms with Crippen molar-refractivity contribution < 1.29 is 14.3 Å².